The molecule has 10 rings (SSSR count). The lowest BCUT2D eigenvalue weighted by molar-refractivity contribution is 0.672. The molecule has 0 spiro atoms. The van der Waals surface area contributed by atoms with Crippen molar-refractivity contribution >= 4 is 76.3 Å². The van der Waals surface area contributed by atoms with E-state index in [0.717, 1.165) is 93.1 Å². The molecule has 0 unspecified atom stereocenters. The highest BCUT2D eigenvalue weighted by Crippen LogP contribution is 2.39. The molecular weight excluding hydrogens is 540 g/mol. The van der Waals surface area contributed by atoms with Crippen LogP contribution in [0.4, 0.5) is 0 Å². The molecule has 44 heavy (non-hydrogen) atoms. The van der Waals surface area contributed by atoms with Crippen molar-refractivity contribution < 1.29 is 8.83 Å². The molecule has 0 atom stereocenters. The molecule has 10 aromatic rings. The predicted octanol–water partition coefficient (Wildman–Crippen LogP) is 11.1. The van der Waals surface area contributed by atoms with Gasteiger partial charge in [-0.2, -0.15) is 0 Å². The van der Waals surface area contributed by atoms with Crippen LogP contribution < -0.4 is 0 Å². The fourth-order valence-electron chi connectivity index (χ4n) is 6.72. The molecule has 204 valence electrons. The second-order valence-electron chi connectivity index (χ2n) is 11.4. The lowest BCUT2D eigenvalue weighted by atomic mass is 10.00. The van der Waals surface area contributed by atoms with Crippen LogP contribution in [0.2, 0.25) is 0 Å². The molecule has 0 radical (unpaired) electrons. The fourth-order valence-corrected chi connectivity index (χ4v) is 6.72. The third-order valence-electron chi connectivity index (χ3n) is 8.86. The summed E-state index contributed by atoms with van der Waals surface area (Å²) >= 11 is 0. The number of nitrogens with zero attached hydrogens (tertiary/aromatic N) is 2. The van der Waals surface area contributed by atoms with Crippen LogP contribution in [0.5, 0.6) is 0 Å². The Bertz CT molecular complexity index is 2790. The van der Waals surface area contributed by atoms with Crippen molar-refractivity contribution in [2.75, 3.05) is 0 Å². The van der Waals surface area contributed by atoms with Gasteiger partial charge in [-0.05, 0) is 53.2 Å². The van der Waals surface area contributed by atoms with Gasteiger partial charge in [0.1, 0.15) is 22.3 Å². The van der Waals surface area contributed by atoms with Gasteiger partial charge in [0.25, 0.3) is 0 Å². The smallest absolute Gasteiger partial charge is 0.160 e. The zero-order valence-electron chi connectivity index (χ0n) is 23.4. The normalized spacial score (nSPS) is 12.1. The van der Waals surface area contributed by atoms with Gasteiger partial charge in [-0.15, -0.1) is 0 Å². The summed E-state index contributed by atoms with van der Waals surface area (Å²) in [6.07, 6.45) is 0. The first-order chi connectivity index (χ1) is 21.8. The van der Waals surface area contributed by atoms with Crippen LogP contribution in [-0.4, -0.2) is 9.97 Å². The molecule has 3 heterocycles. The van der Waals surface area contributed by atoms with Crippen molar-refractivity contribution in [2.24, 2.45) is 0 Å². The zero-order chi connectivity index (χ0) is 28.8. The maximum Gasteiger partial charge on any atom is 0.160 e. The van der Waals surface area contributed by atoms with Crippen LogP contribution in [0.3, 0.4) is 0 Å². The van der Waals surface area contributed by atoms with Gasteiger partial charge in [0.2, 0.25) is 0 Å². The van der Waals surface area contributed by atoms with Gasteiger partial charge in [-0.25, -0.2) is 9.97 Å². The van der Waals surface area contributed by atoms with Crippen molar-refractivity contribution in [3.05, 3.63) is 133 Å². The van der Waals surface area contributed by atoms with Crippen molar-refractivity contribution in [2.45, 2.75) is 0 Å². The number of rotatable bonds is 2. The van der Waals surface area contributed by atoms with E-state index in [0.29, 0.717) is 5.82 Å². The molecule has 7 aromatic carbocycles. The number of hydrogen-bond donors (Lipinski definition) is 0. The van der Waals surface area contributed by atoms with Gasteiger partial charge in [0.05, 0.1) is 11.2 Å². The Labute approximate surface area is 250 Å². The summed E-state index contributed by atoms with van der Waals surface area (Å²) in [5.74, 6) is 0.660. The number of furan rings is 2. The molecule has 3 aromatic heterocycles. The Hall–Kier alpha value is -6.00. The van der Waals surface area contributed by atoms with Crippen LogP contribution in [-0.2, 0) is 0 Å². The molecule has 0 aliphatic heterocycles. The summed E-state index contributed by atoms with van der Waals surface area (Å²) in [4.78, 5) is 10.2. The molecule has 0 fully saturated rings. The Kier molecular flexibility index (Phi) is 4.69. The Morgan fingerprint density at radius 3 is 1.89 bits per heavy atom. The molecule has 0 aliphatic carbocycles. The molecular formula is C40H22N2O2. The lowest BCUT2D eigenvalue weighted by Gasteiger charge is -2.10. The highest BCUT2D eigenvalue weighted by molar-refractivity contribution is 6.17. The summed E-state index contributed by atoms with van der Waals surface area (Å²) < 4.78 is 12.9. The topological polar surface area (TPSA) is 52.1 Å². The van der Waals surface area contributed by atoms with Gasteiger partial charge in [-0.1, -0.05) is 91.0 Å². The number of hydrogen-bond acceptors (Lipinski definition) is 4. The van der Waals surface area contributed by atoms with Gasteiger partial charge in [0, 0.05) is 48.8 Å². The number of fused-ring (bicyclic) bond motifs is 11. The first-order valence-corrected chi connectivity index (χ1v) is 14.7. The largest absolute Gasteiger partial charge is 0.455 e. The minimum absolute atomic E-state index is 0.660. The maximum atomic E-state index is 6.48. The van der Waals surface area contributed by atoms with Crippen LogP contribution >= 0.6 is 0 Å². The van der Waals surface area contributed by atoms with Crippen LogP contribution in [0, 0.1) is 0 Å². The van der Waals surface area contributed by atoms with E-state index in [2.05, 4.69) is 103 Å². The second kappa shape index (κ2) is 8.76. The van der Waals surface area contributed by atoms with Crippen molar-refractivity contribution in [3.8, 4) is 22.6 Å². The summed E-state index contributed by atoms with van der Waals surface area (Å²) in [7, 11) is 0. The molecule has 0 aliphatic rings. The molecule has 0 saturated carbocycles. The minimum Gasteiger partial charge on any atom is -0.455 e. The van der Waals surface area contributed by atoms with E-state index < -0.39 is 0 Å². The van der Waals surface area contributed by atoms with Gasteiger partial charge >= 0.3 is 0 Å². The average molecular weight is 563 g/mol. The molecule has 4 nitrogen and oxygen atoms in total. The van der Waals surface area contributed by atoms with Crippen LogP contribution in [0.1, 0.15) is 0 Å². The van der Waals surface area contributed by atoms with Crippen molar-refractivity contribution in [1.29, 1.82) is 0 Å². The molecule has 0 saturated heterocycles. The molecule has 0 amide bonds. The Balaban J connectivity index is 1.19. The van der Waals surface area contributed by atoms with E-state index in [1.807, 2.05) is 30.3 Å². The Morgan fingerprint density at radius 1 is 0.386 bits per heavy atom. The first-order valence-electron chi connectivity index (χ1n) is 14.7. The quantitative estimate of drug-likeness (QED) is 0.210. The van der Waals surface area contributed by atoms with Crippen molar-refractivity contribution in [1.82, 2.24) is 9.97 Å². The highest BCUT2D eigenvalue weighted by atomic mass is 16.3. The van der Waals surface area contributed by atoms with E-state index in [1.165, 1.54) is 0 Å². The van der Waals surface area contributed by atoms with Gasteiger partial charge < -0.3 is 8.83 Å². The standard InChI is InChI=1S/C40H22N2O2/c1-2-8-27-23(7-1)15-19-31-29-18-17-26(22-36(29)44-38(27)31)40-41-34-11-5-3-10-32(34)37(42-40)25-14-13-24-16-20-30-28-9-4-6-12-35(28)43-39(30)33(24)21-25/h1-22H. The lowest BCUT2D eigenvalue weighted by Crippen LogP contribution is -1.95. The van der Waals surface area contributed by atoms with Crippen LogP contribution in [0.15, 0.2) is 142 Å². The molecule has 0 bridgehead atoms. The third-order valence-corrected chi connectivity index (χ3v) is 8.86. The predicted molar refractivity (Wildman–Crippen MR) is 180 cm³/mol. The molecule has 0 N–H and O–H groups in total. The van der Waals surface area contributed by atoms with E-state index in [4.69, 9.17) is 18.8 Å². The minimum atomic E-state index is 0.660. The first kappa shape index (κ1) is 23.6. The second-order valence-corrected chi connectivity index (χ2v) is 11.4. The summed E-state index contributed by atoms with van der Waals surface area (Å²) in [5, 5.41) is 9.91. The monoisotopic (exact) mass is 562 g/mol. The van der Waals surface area contributed by atoms with E-state index in [9.17, 15) is 0 Å². The maximum absolute atomic E-state index is 6.48. The SMILES string of the molecule is c1ccc2c(c1)ccc1c3ccc(-c4nc(-c5ccc6ccc7c8ccccc8oc7c6c5)c5ccccc5n4)cc3oc21. The molecule has 4 heteroatoms. The highest BCUT2D eigenvalue weighted by Gasteiger charge is 2.16. The van der Waals surface area contributed by atoms with Gasteiger partial charge in [0.15, 0.2) is 5.82 Å². The van der Waals surface area contributed by atoms with E-state index >= 15 is 0 Å². The van der Waals surface area contributed by atoms with Crippen LogP contribution in [0.25, 0.3) is 99.0 Å². The van der Waals surface area contributed by atoms with Gasteiger partial charge in [-0.3, -0.25) is 0 Å². The fraction of sp³-hybridized carbons (Fsp3) is 0. The zero-order valence-corrected chi connectivity index (χ0v) is 23.4. The van der Waals surface area contributed by atoms with E-state index in [-0.39, 0.29) is 0 Å². The summed E-state index contributed by atoms with van der Waals surface area (Å²) in [6.45, 7) is 0. The third kappa shape index (κ3) is 3.33. The number of para-hydroxylation sites is 2. The van der Waals surface area contributed by atoms with Crippen molar-refractivity contribution in [3.63, 3.8) is 0 Å². The average Bonchev–Trinajstić information content (AvgIpc) is 3.66. The Morgan fingerprint density at radius 2 is 1.00 bits per heavy atom. The number of benzene rings is 7. The number of aromatic nitrogens is 2. The van der Waals surface area contributed by atoms with E-state index in [1.54, 1.807) is 0 Å². The summed E-state index contributed by atoms with van der Waals surface area (Å²) in [6, 6.07) is 46.1. The summed E-state index contributed by atoms with van der Waals surface area (Å²) in [5.41, 5.74) is 7.22.